The van der Waals surface area contributed by atoms with Crippen LogP contribution in [0.2, 0.25) is 0 Å². The molecule has 0 aromatic heterocycles. The first-order valence-electron chi connectivity index (χ1n) is 13.1. The highest BCUT2D eigenvalue weighted by molar-refractivity contribution is 7.89. The van der Waals surface area contributed by atoms with Crippen LogP contribution in [0.3, 0.4) is 0 Å². The Kier molecular flexibility index (Phi) is 11.0. The van der Waals surface area contributed by atoms with Gasteiger partial charge in [-0.05, 0) is 49.8 Å². The molecule has 1 aliphatic heterocycles. The number of hydrogen-bond donors (Lipinski definition) is 1. The number of carbonyl (C=O) groups excluding carboxylic acids is 1. The predicted molar refractivity (Wildman–Crippen MR) is 149 cm³/mol. The number of ether oxygens (including phenoxy) is 1. The van der Waals surface area contributed by atoms with E-state index in [0.29, 0.717) is 51.3 Å². The predicted octanol–water partition coefficient (Wildman–Crippen LogP) is 4.09. The van der Waals surface area contributed by atoms with Crippen molar-refractivity contribution in [1.29, 1.82) is 0 Å². The van der Waals surface area contributed by atoms with Crippen LogP contribution in [0.5, 0.6) is 0 Å². The van der Waals surface area contributed by atoms with Crippen molar-refractivity contribution < 1.29 is 17.9 Å². The maximum Gasteiger partial charge on any atom is 0.251 e. The number of rotatable bonds is 10. The molecule has 7 nitrogen and oxygen atoms in total. The summed E-state index contributed by atoms with van der Waals surface area (Å²) in [7, 11) is -3.21. The standard InChI is InChI=1S/C28H39N3O4S.ClH/c1-2-20-36(33,34)31-18-16-30(17-19-31)28(23-29-27(32)25-12-7-4-8-13-25)15-9-14-26(21-28)35-22-24-10-5-3-6-11-24;/h3-8,10-13,26H,2,9,14-23H2,1H3,(H,29,32);1H. The highest BCUT2D eigenvalue weighted by Crippen LogP contribution is 2.36. The average molecular weight is 550 g/mol. The number of nitrogens with one attached hydrogen (secondary N) is 1. The molecule has 37 heavy (non-hydrogen) atoms. The second kappa shape index (κ2) is 13.7. The van der Waals surface area contributed by atoms with Gasteiger partial charge in [-0.1, -0.05) is 55.5 Å². The Hall–Kier alpha value is -1.97. The SMILES string of the molecule is CCCS(=O)(=O)N1CCN(C2(CNC(=O)c3ccccc3)CCCC(OCc3ccccc3)C2)CC1.Cl. The first-order chi connectivity index (χ1) is 17.4. The van der Waals surface area contributed by atoms with Gasteiger partial charge in [0.25, 0.3) is 5.91 Å². The molecule has 2 aromatic carbocycles. The fraction of sp³-hybridized carbons (Fsp3) is 0.536. The molecular formula is C28H40ClN3O4S. The third kappa shape index (κ3) is 7.77. The number of hydrogen-bond acceptors (Lipinski definition) is 5. The van der Waals surface area contributed by atoms with Gasteiger partial charge >= 0.3 is 0 Å². The van der Waals surface area contributed by atoms with Crippen LogP contribution in [-0.4, -0.2) is 73.6 Å². The molecule has 2 aromatic rings. The number of benzene rings is 2. The molecule has 2 fully saturated rings. The monoisotopic (exact) mass is 549 g/mol. The number of amides is 1. The Bertz CT molecular complexity index is 1080. The number of piperazine rings is 1. The van der Waals surface area contributed by atoms with Gasteiger partial charge in [0.2, 0.25) is 10.0 Å². The quantitative estimate of drug-likeness (QED) is 0.483. The molecule has 0 bridgehead atoms. The van der Waals surface area contributed by atoms with Gasteiger partial charge < -0.3 is 10.1 Å². The lowest BCUT2D eigenvalue weighted by molar-refractivity contribution is -0.0562. The molecule has 1 heterocycles. The van der Waals surface area contributed by atoms with Crippen molar-refractivity contribution in [2.75, 3.05) is 38.5 Å². The summed E-state index contributed by atoms with van der Waals surface area (Å²) in [4.78, 5) is 15.3. The molecule has 2 aliphatic rings. The second-order valence-electron chi connectivity index (χ2n) is 9.99. The summed E-state index contributed by atoms with van der Waals surface area (Å²) in [6.07, 6.45) is 4.49. The molecule has 2 atom stereocenters. The van der Waals surface area contributed by atoms with E-state index in [4.69, 9.17) is 4.74 Å². The van der Waals surface area contributed by atoms with Gasteiger partial charge in [-0.25, -0.2) is 8.42 Å². The van der Waals surface area contributed by atoms with E-state index >= 15 is 0 Å². The fourth-order valence-corrected chi connectivity index (χ4v) is 7.03. The van der Waals surface area contributed by atoms with Gasteiger partial charge in [-0.15, -0.1) is 12.4 Å². The van der Waals surface area contributed by atoms with Crippen molar-refractivity contribution in [3.05, 3.63) is 71.8 Å². The van der Waals surface area contributed by atoms with Crippen LogP contribution < -0.4 is 5.32 Å². The Labute approximate surface area is 228 Å². The van der Waals surface area contributed by atoms with E-state index < -0.39 is 10.0 Å². The minimum absolute atomic E-state index is 0. The molecule has 9 heteroatoms. The van der Waals surface area contributed by atoms with Crippen LogP contribution >= 0.6 is 12.4 Å². The highest BCUT2D eigenvalue weighted by Gasteiger charge is 2.43. The van der Waals surface area contributed by atoms with Crippen molar-refractivity contribution in [2.45, 2.75) is 57.3 Å². The topological polar surface area (TPSA) is 79.0 Å². The van der Waals surface area contributed by atoms with Gasteiger partial charge in [0, 0.05) is 43.8 Å². The Morgan fingerprint density at radius 3 is 2.32 bits per heavy atom. The molecule has 204 valence electrons. The maximum atomic E-state index is 12.9. The summed E-state index contributed by atoms with van der Waals surface area (Å²) < 4.78 is 33.2. The molecule has 2 unspecified atom stereocenters. The Morgan fingerprint density at radius 1 is 1.03 bits per heavy atom. The van der Waals surface area contributed by atoms with E-state index in [1.165, 1.54) is 0 Å². The van der Waals surface area contributed by atoms with E-state index in [1.54, 1.807) is 4.31 Å². The molecular weight excluding hydrogens is 510 g/mol. The smallest absolute Gasteiger partial charge is 0.251 e. The summed E-state index contributed by atoms with van der Waals surface area (Å²) in [6.45, 7) is 5.30. The Balaban J connectivity index is 0.00000380. The largest absolute Gasteiger partial charge is 0.373 e. The van der Waals surface area contributed by atoms with Gasteiger partial charge in [0.15, 0.2) is 0 Å². The number of carbonyl (C=O) groups is 1. The Morgan fingerprint density at radius 2 is 1.68 bits per heavy atom. The van der Waals surface area contributed by atoms with Gasteiger partial charge in [-0.2, -0.15) is 4.31 Å². The lowest BCUT2D eigenvalue weighted by Gasteiger charge is -2.51. The fourth-order valence-electron chi connectivity index (χ4n) is 5.54. The molecule has 1 amide bonds. The van der Waals surface area contributed by atoms with Crippen LogP contribution in [0.4, 0.5) is 0 Å². The normalized spacial score (nSPS) is 23.2. The maximum absolute atomic E-state index is 12.9. The van der Waals surface area contributed by atoms with Crippen molar-refractivity contribution in [3.8, 4) is 0 Å². The zero-order valence-corrected chi connectivity index (χ0v) is 23.3. The molecule has 0 radical (unpaired) electrons. The van der Waals surface area contributed by atoms with E-state index in [-0.39, 0.29) is 35.7 Å². The van der Waals surface area contributed by atoms with Gasteiger partial charge in [0.1, 0.15) is 0 Å². The van der Waals surface area contributed by atoms with Crippen LogP contribution in [0.25, 0.3) is 0 Å². The number of nitrogens with zero attached hydrogens (tertiary/aromatic N) is 2. The zero-order valence-electron chi connectivity index (χ0n) is 21.7. The highest BCUT2D eigenvalue weighted by atomic mass is 35.5. The summed E-state index contributed by atoms with van der Waals surface area (Å²) >= 11 is 0. The van der Waals surface area contributed by atoms with Crippen molar-refractivity contribution >= 4 is 28.3 Å². The third-order valence-corrected chi connectivity index (χ3v) is 9.56. The van der Waals surface area contributed by atoms with Crippen LogP contribution in [-0.2, 0) is 21.4 Å². The molecule has 1 saturated carbocycles. The summed E-state index contributed by atoms with van der Waals surface area (Å²) in [6, 6.07) is 19.5. The van der Waals surface area contributed by atoms with E-state index in [1.807, 2.05) is 55.5 Å². The van der Waals surface area contributed by atoms with Gasteiger partial charge in [0.05, 0.1) is 18.5 Å². The lowest BCUT2D eigenvalue weighted by atomic mass is 9.78. The molecule has 1 aliphatic carbocycles. The summed E-state index contributed by atoms with van der Waals surface area (Å²) in [5.41, 5.74) is 1.54. The average Bonchev–Trinajstić information content (AvgIpc) is 2.92. The summed E-state index contributed by atoms with van der Waals surface area (Å²) in [5, 5.41) is 3.19. The van der Waals surface area contributed by atoms with Crippen LogP contribution in [0.1, 0.15) is 54.9 Å². The van der Waals surface area contributed by atoms with Crippen molar-refractivity contribution in [2.24, 2.45) is 0 Å². The molecule has 1 saturated heterocycles. The van der Waals surface area contributed by atoms with E-state index in [0.717, 1.165) is 31.2 Å². The minimum atomic E-state index is -3.21. The number of halogens is 1. The first-order valence-corrected chi connectivity index (χ1v) is 14.7. The molecule has 1 N–H and O–H groups in total. The first kappa shape index (κ1) is 29.6. The lowest BCUT2D eigenvalue weighted by Crippen LogP contribution is -2.63. The minimum Gasteiger partial charge on any atom is -0.373 e. The number of sulfonamides is 1. The third-order valence-electron chi connectivity index (χ3n) is 7.48. The van der Waals surface area contributed by atoms with E-state index in [9.17, 15) is 13.2 Å². The van der Waals surface area contributed by atoms with Crippen molar-refractivity contribution in [1.82, 2.24) is 14.5 Å². The van der Waals surface area contributed by atoms with Gasteiger partial charge in [-0.3, -0.25) is 9.69 Å². The van der Waals surface area contributed by atoms with Crippen LogP contribution in [0.15, 0.2) is 60.7 Å². The summed E-state index contributed by atoms with van der Waals surface area (Å²) in [5.74, 6) is 0.118. The second-order valence-corrected chi connectivity index (χ2v) is 12.1. The molecule has 4 rings (SSSR count). The van der Waals surface area contributed by atoms with E-state index in [2.05, 4.69) is 22.3 Å². The molecule has 0 spiro atoms. The van der Waals surface area contributed by atoms with Crippen LogP contribution in [0, 0.1) is 0 Å². The van der Waals surface area contributed by atoms with Crippen molar-refractivity contribution in [3.63, 3.8) is 0 Å². The zero-order chi connectivity index (χ0) is 25.4.